The van der Waals surface area contributed by atoms with Crippen molar-refractivity contribution in [3.8, 4) is 0 Å². The van der Waals surface area contributed by atoms with Gasteiger partial charge in [0.05, 0.1) is 41.4 Å². The highest BCUT2D eigenvalue weighted by atomic mass is 35.5. The summed E-state index contributed by atoms with van der Waals surface area (Å²) in [5.41, 5.74) is 8.01. The Morgan fingerprint density at radius 2 is 1.93 bits per heavy atom. The molecule has 30 heavy (non-hydrogen) atoms. The topological polar surface area (TPSA) is 77.1 Å². The molecular formula is C22H21ClN6O. The minimum absolute atomic E-state index is 0.122. The van der Waals surface area contributed by atoms with E-state index in [1.165, 1.54) is 11.8 Å². The molecule has 2 aromatic carbocycles. The number of amides is 1. The molecule has 4 rings (SSSR count). The fraction of sp³-hybridized carbons (Fsp3) is 0.182. The van der Waals surface area contributed by atoms with Gasteiger partial charge in [-0.05, 0) is 31.5 Å². The molecule has 0 spiro atoms. The Balaban J connectivity index is 1.41. The van der Waals surface area contributed by atoms with Crippen LogP contribution in [0.15, 0.2) is 60.0 Å². The van der Waals surface area contributed by atoms with Gasteiger partial charge in [-0.15, -0.1) is 0 Å². The van der Waals surface area contributed by atoms with Crippen molar-refractivity contribution in [2.75, 3.05) is 0 Å². The Morgan fingerprint density at radius 3 is 2.73 bits per heavy atom. The minimum Gasteiger partial charge on any atom is -0.321 e. The predicted molar refractivity (Wildman–Crippen MR) is 118 cm³/mol. The average molecular weight is 421 g/mol. The second-order valence-corrected chi connectivity index (χ2v) is 7.45. The lowest BCUT2D eigenvalue weighted by Gasteiger charge is -2.04. The number of nitrogens with one attached hydrogen (secondary N) is 1. The van der Waals surface area contributed by atoms with Crippen molar-refractivity contribution in [2.45, 2.75) is 26.9 Å². The molecule has 0 radical (unpaired) electrons. The van der Waals surface area contributed by atoms with Crippen LogP contribution in [0.4, 0.5) is 0 Å². The summed E-state index contributed by atoms with van der Waals surface area (Å²) in [6.07, 6.45) is 3.17. The Kier molecular flexibility index (Phi) is 5.63. The zero-order chi connectivity index (χ0) is 21.1. The van der Waals surface area contributed by atoms with Gasteiger partial charge in [-0.1, -0.05) is 53.6 Å². The first-order valence-electron chi connectivity index (χ1n) is 9.51. The van der Waals surface area contributed by atoms with E-state index in [0.29, 0.717) is 17.3 Å². The number of halogens is 1. The van der Waals surface area contributed by atoms with Crippen molar-refractivity contribution in [1.82, 2.24) is 24.8 Å². The summed E-state index contributed by atoms with van der Waals surface area (Å²) in [6.45, 7) is 4.59. The maximum absolute atomic E-state index is 12.3. The molecule has 0 aliphatic heterocycles. The number of carbonyl (C=O) groups excluding carboxylic acids is 1. The van der Waals surface area contributed by atoms with Gasteiger partial charge in [0.2, 0.25) is 0 Å². The van der Waals surface area contributed by atoms with Gasteiger partial charge in [0.1, 0.15) is 11.7 Å². The summed E-state index contributed by atoms with van der Waals surface area (Å²) in [7, 11) is 0. The molecule has 1 N–H and O–H groups in total. The van der Waals surface area contributed by atoms with Gasteiger partial charge in [0.25, 0.3) is 5.91 Å². The van der Waals surface area contributed by atoms with E-state index >= 15 is 0 Å². The largest absolute Gasteiger partial charge is 0.321 e. The molecule has 0 unspecified atom stereocenters. The second-order valence-electron chi connectivity index (χ2n) is 7.09. The number of aromatic nitrogens is 4. The Hall–Kier alpha value is -3.45. The summed E-state index contributed by atoms with van der Waals surface area (Å²) in [6, 6.07) is 15.9. The van der Waals surface area contributed by atoms with E-state index < -0.39 is 0 Å². The van der Waals surface area contributed by atoms with Crippen LogP contribution in [0.5, 0.6) is 0 Å². The van der Waals surface area contributed by atoms with Gasteiger partial charge in [-0.25, -0.2) is 15.1 Å². The lowest BCUT2D eigenvalue weighted by molar-refractivity contribution is -0.121. The summed E-state index contributed by atoms with van der Waals surface area (Å²) >= 11 is 6.49. The van der Waals surface area contributed by atoms with E-state index in [1.807, 2.05) is 38.1 Å². The number of hydrogen-bond donors (Lipinski definition) is 1. The van der Waals surface area contributed by atoms with Crippen molar-refractivity contribution < 1.29 is 4.79 Å². The van der Waals surface area contributed by atoms with Crippen LogP contribution in [0.25, 0.3) is 11.0 Å². The van der Waals surface area contributed by atoms with E-state index in [4.69, 9.17) is 11.6 Å². The Bertz CT molecular complexity index is 1220. The molecule has 0 saturated carbocycles. The van der Waals surface area contributed by atoms with E-state index in [2.05, 4.69) is 44.9 Å². The third kappa shape index (κ3) is 4.26. The van der Waals surface area contributed by atoms with Crippen molar-refractivity contribution in [3.05, 3.63) is 82.4 Å². The SMILES string of the molecule is Cc1ccc(Cn2nc(C)c(/C=N\NC(=O)Cn3cnc4ccccc43)c2Cl)cc1. The van der Waals surface area contributed by atoms with Crippen LogP contribution < -0.4 is 5.43 Å². The standard InChI is InChI=1S/C22H21ClN6O/c1-15-7-9-17(10-8-15)12-29-22(23)18(16(2)27-29)11-25-26-21(30)13-28-14-24-19-5-3-4-6-20(19)28/h3-11,14H,12-13H2,1-2H3,(H,26,30)/b25-11-. The predicted octanol–water partition coefficient (Wildman–Crippen LogP) is 3.70. The van der Waals surface area contributed by atoms with Crippen LogP contribution in [0.2, 0.25) is 5.15 Å². The number of carbonyl (C=O) groups is 1. The first-order valence-corrected chi connectivity index (χ1v) is 9.89. The number of para-hydroxylation sites is 2. The number of hydrazone groups is 1. The first kappa shape index (κ1) is 19.8. The molecule has 0 atom stereocenters. The molecule has 0 aliphatic rings. The summed E-state index contributed by atoms with van der Waals surface area (Å²) < 4.78 is 3.50. The maximum Gasteiger partial charge on any atom is 0.260 e. The highest BCUT2D eigenvalue weighted by Gasteiger charge is 2.12. The van der Waals surface area contributed by atoms with Crippen LogP contribution in [-0.2, 0) is 17.9 Å². The smallest absolute Gasteiger partial charge is 0.260 e. The summed E-state index contributed by atoms with van der Waals surface area (Å²) in [4.78, 5) is 16.5. The van der Waals surface area contributed by atoms with Gasteiger partial charge in [0, 0.05) is 0 Å². The fourth-order valence-electron chi connectivity index (χ4n) is 3.18. The molecule has 0 bridgehead atoms. The van der Waals surface area contributed by atoms with Crippen molar-refractivity contribution in [3.63, 3.8) is 0 Å². The quantitative estimate of drug-likeness (QED) is 0.381. The first-order chi connectivity index (χ1) is 14.5. The van der Waals surface area contributed by atoms with Crippen molar-refractivity contribution in [2.24, 2.45) is 5.10 Å². The third-order valence-corrected chi connectivity index (χ3v) is 5.19. The molecule has 8 heteroatoms. The van der Waals surface area contributed by atoms with Crippen LogP contribution in [0.3, 0.4) is 0 Å². The number of hydrogen-bond acceptors (Lipinski definition) is 4. The van der Waals surface area contributed by atoms with E-state index in [9.17, 15) is 4.79 Å². The third-order valence-electron chi connectivity index (χ3n) is 4.79. The molecule has 1 amide bonds. The highest BCUT2D eigenvalue weighted by molar-refractivity contribution is 6.32. The number of nitrogens with zero attached hydrogens (tertiary/aromatic N) is 5. The second kappa shape index (κ2) is 8.51. The van der Waals surface area contributed by atoms with Crippen LogP contribution in [0, 0.1) is 13.8 Å². The van der Waals surface area contributed by atoms with Gasteiger partial charge in [0.15, 0.2) is 0 Å². The number of fused-ring (bicyclic) bond motifs is 1. The van der Waals surface area contributed by atoms with Gasteiger partial charge < -0.3 is 4.57 Å². The lowest BCUT2D eigenvalue weighted by atomic mass is 10.1. The zero-order valence-electron chi connectivity index (χ0n) is 16.7. The van der Waals surface area contributed by atoms with Crippen LogP contribution in [-0.4, -0.2) is 31.5 Å². The average Bonchev–Trinajstić information content (AvgIpc) is 3.25. The minimum atomic E-state index is -0.254. The Morgan fingerprint density at radius 1 is 1.17 bits per heavy atom. The van der Waals surface area contributed by atoms with Gasteiger partial charge >= 0.3 is 0 Å². The van der Waals surface area contributed by atoms with Gasteiger partial charge in [-0.3, -0.25) is 4.79 Å². The summed E-state index contributed by atoms with van der Waals surface area (Å²) in [5, 5.41) is 9.03. The highest BCUT2D eigenvalue weighted by Crippen LogP contribution is 2.19. The molecule has 0 saturated heterocycles. The number of imidazole rings is 1. The van der Waals surface area contributed by atoms with Gasteiger partial charge in [-0.2, -0.15) is 10.2 Å². The molecule has 7 nitrogen and oxygen atoms in total. The van der Waals surface area contributed by atoms with Crippen molar-refractivity contribution in [1.29, 1.82) is 0 Å². The normalized spacial score (nSPS) is 11.4. The molecule has 2 heterocycles. The molecule has 152 valence electrons. The Labute approximate surface area is 179 Å². The van der Waals surface area contributed by atoms with Crippen molar-refractivity contribution >= 4 is 34.8 Å². The molecule has 0 aliphatic carbocycles. The maximum atomic E-state index is 12.3. The zero-order valence-corrected chi connectivity index (χ0v) is 17.5. The number of aryl methyl sites for hydroxylation is 2. The number of rotatable bonds is 6. The van der Waals surface area contributed by atoms with Crippen LogP contribution >= 0.6 is 11.6 Å². The molecule has 4 aromatic rings. The van der Waals surface area contributed by atoms with E-state index in [-0.39, 0.29) is 12.5 Å². The van der Waals surface area contributed by atoms with Crippen LogP contribution in [0.1, 0.15) is 22.4 Å². The lowest BCUT2D eigenvalue weighted by Crippen LogP contribution is -2.22. The molecule has 0 fully saturated rings. The number of benzene rings is 2. The molecule has 2 aromatic heterocycles. The fourth-order valence-corrected chi connectivity index (χ4v) is 3.46. The van der Waals surface area contributed by atoms with E-state index in [0.717, 1.165) is 22.3 Å². The summed E-state index contributed by atoms with van der Waals surface area (Å²) in [5.74, 6) is -0.254. The monoisotopic (exact) mass is 420 g/mol. The molecular weight excluding hydrogens is 400 g/mol. The van der Waals surface area contributed by atoms with E-state index in [1.54, 1.807) is 15.6 Å².